The number of nitrogens with one attached hydrogen (secondary N) is 1. The van der Waals surface area contributed by atoms with E-state index in [1.165, 1.54) is 13.2 Å². The van der Waals surface area contributed by atoms with Gasteiger partial charge in [0.1, 0.15) is 0 Å². The van der Waals surface area contributed by atoms with Gasteiger partial charge >= 0.3 is 0 Å². The predicted molar refractivity (Wildman–Crippen MR) is 87.1 cm³/mol. The van der Waals surface area contributed by atoms with Crippen LogP contribution in [0, 0.1) is 0 Å². The molecule has 0 bridgehead atoms. The zero-order chi connectivity index (χ0) is 16.8. The van der Waals surface area contributed by atoms with Crippen LogP contribution >= 0.6 is 0 Å². The van der Waals surface area contributed by atoms with Crippen molar-refractivity contribution in [2.45, 2.75) is 6.92 Å². The van der Waals surface area contributed by atoms with Crippen molar-refractivity contribution >= 4 is 17.5 Å². The van der Waals surface area contributed by atoms with Crippen molar-refractivity contribution in [3.05, 3.63) is 53.6 Å². The quantitative estimate of drug-likeness (QED) is 0.857. The highest BCUT2D eigenvalue weighted by atomic mass is 16.5. The Balaban J connectivity index is 2.20. The third kappa shape index (κ3) is 4.00. The van der Waals surface area contributed by atoms with Crippen LogP contribution in [0.1, 0.15) is 27.6 Å². The number of primary amides is 1. The first kappa shape index (κ1) is 16.4. The van der Waals surface area contributed by atoms with Crippen LogP contribution in [0.5, 0.6) is 11.5 Å². The van der Waals surface area contributed by atoms with Crippen LogP contribution < -0.4 is 20.5 Å². The Labute approximate surface area is 134 Å². The number of hydrogen-bond acceptors (Lipinski definition) is 4. The minimum absolute atomic E-state index is 0.326. The Morgan fingerprint density at radius 3 is 2.52 bits per heavy atom. The number of nitrogens with two attached hydrogens (primary N) is 1. The number of amides is 2. The Bertz CT molecular complexity index is 728. The zero-order valence-electron chi connectivity index (χ0n) is 13.0. The largest absolute Gasteiger partial charge is 0.493 e. The summed E-state index contributed by atoms with van der Waals surface area (Å²) in [5.74, 6) is 0.171. The summed E-state index contributed by atoms with van der Waals surface area (Å²) in [7, 11) is 1.51. The van der Waals surface area contributed by atoms with Gasteiger partial charge in [-0.15, -0.1) is 0 Å². The molecule has 23 heavy (non-hydrogen) atoms. The van der Waals surface area contributed by atoms with Gasteiger partial charge in [-0.2, -0.15) is 0 Å². The number of anilines is 1. The molecule has 2 aromatic carbocycles. The normalized spacial score (nSPS) is 10.0. The molecule has 0 aliphatic heterocycles. The molecule has 2 amide bonds. The van der Waals surface area contributed by atoms with Gasteiger partial charge in [-0.3, -0.25) is 9.59 Å². The Morgan fingerprint density at radius 1 is 1.09 bits per heavy atom. The number of hydrogen-bond donors (Lipinski definition) is 2. The molecule has 6 heteroatoms. The highest BCUT2D eigenvalue weighted by Crippen LogP contribution is 2.28. The lowest BCUT2D eigenvalue weighted by Crippen LogP contribution is -2.14. The molecule has 0 saturated carbocycles. The number of methoxy groups -OCH3 is 1. The average Bonchev–Trinajstić information content (AvgIpc) is 2.55. The molecule has 0 atom stereocenters. The van der Waals surface area contributed by atoms with Crippen LogP contribution in [0.2, 0.25) is 0 Å². The molecule has 0 heterocycles. The second-order valence-electron chi connectivity index (χ2n) is 4.70. The lowest BCUT2D eigenvalue weighted by molar-refractivity contribution is 0.0996. The zero-order valence-corrected chi connectivity index (χ0v) is 13.0. The number of carbonyl (C=O) groups excluding carboxylic acids is 2. The number of benzene rings is 2. The van der Waals surface area contributed by atoms with E-state index < -0.39 is 5.91 Å². The van der Waals surface area contributed by atoms with Gasteiger partial charge in [0.05, 0.1) is 13.7 Å². The molecule has 6 nitrogen and oxygen atoms in total. The van der Waals surface area contributed by atoms with Crippen LogP contribution in [0.3, 0.4) is 0 Å². The molecule has 0 radical (unpaired) electrons. The van der Waals surface area contributed by atoms with Gasteiger partial charge in [0.25, 0.3) is 5.91 Å². The summed E-state index contributed by atoms with van der Waals surface area (Å²) < 4.78 is 10.6. The topological polar surface area (TPSA) is 90.6 Å². The third-order valence-corrected chi connectivity index (χ3v) is 3.13. The fourth-order valence-corrected chi connectivity index (χ4v) is 2.04. The molecule has 0 aromatic heterocycles. The van der Waals surface area contributed by atoms with E-state index in [2.05, 4.69) is 5.32 Å². The lowest BCUT2D eigenvalue weighted by atomic mass is 10.1. The summed E-state index contributed by atoms with van der Waals surface area (Å²) in [5, 5.41) is 2.71. The Hall–Kier alpha value is -3.02. The summed E-state index contributed by atoms with van der Waals surface area (Å²) in [6.45, 7) is 2.37. The molecular weight excluding hydrogens is 296 g/mol. The van der Waals surface area contributed by atoms with Crippen LogP contribution in [-0.2, 0) is 0 Å². The van der Waals surface area contributed by atoms with Crippen molar-refractivity contribution in [1.29, 1.82) is 0 Å². The molecule has 3 N–H and O–H groups in total. The lowest BCUT2D eigenvalue weighted by Gasteiger charge is -2.11. The second kappa shape index (κ2) is 7.31. The number of carbonyl (C=O) groups is 2. The van der Waals surface area contributed by atoms with Crippen LogP contribution in [0.25, 0.3) is 0 Å². The molecule has 0 aliphatic rings. The van der Waals surface area contributed by atoms with Gasteiger partial charge in [0, 0.05) is 16.8 Å². The summed E-state index contributed by atoms with van der Waals surface area (Å²) in [6, 6.07) is 11.3. The maximum Gasteiger partial charge on any atom is 0.255 e. The monoisotopic (exact) mass is 314 g/mol. The average molecular weight is 314 g/mol. The minimum Gasteiger partial charge on any atom is -0.493 e. The van der Waals surface area contributed by atoms with Gasteiger partial charge in [0.15, 0.2) is 11.5 Å². The van der Waals surface area contributed by atoms with Crippen molar-refractivity contribution < 1.29 is 19.1 Å². The maximum absolute atomic E-state index is 12.3. The van der Waals surface area contributed by atoms with Gasteiger partial charge in [-0.1, -0.05) is 6.07 Å². The van der Waals surface area contributed by atoms with E-state index in [0.717, 1.165) is 0 Å². The van der Waals surface area contributed by atoms with Crippen molar-refractivity contribution in [3.8, 4) is 11.5 Å². The molecule has 0 unspecified atom stereocenters. The minimum atomic E-state index is -0.552. The molecular formula is C17H18N2O4. The summed E-state index contributed by atoms with van der Waals surface area (Å²) >= 11 is 0. The third-order valence-electron chi connectivity index (χ3n) is 3.13. The van der Waals surface area contributed by atoms with E-state index in [0.29, 0.717) is 34.9 Å². The smallest absolute Gasteiger partial charge is 0.255 e. The second-order valence-corrected chi connectivity index (χ2v) is 4.70. The van der Waals surface area contributed by atoms with Crippen LogP contribution in [-0.4, -0.2) is 25.5 Å². The van der Waals surface area contributed by atoms with E-state index in [9.17, 15) is 9.59 Å². The molecule has 0 fully saturated rings. The summed E-state index contributed by atoms with van der Waals surface area (Å²) in [5.41, 5.74) is 6.45. The van der Waals surface area contributed by atoms with Gasteiger partial charge in [0.2, 0.25) is 5.91 Å². The van der Waals surface area contributed by atoms with Crippen LogP contribution in [0.4, 0.5) is 5.69 Å². The van der Waals surface area contributed by atoms with E-state index >= 15 is 0 Å². The van der Waals surface area contributed by atoms with Gasteiger partial charge in [-0.25, -0.2) is 0 Å². The van der Waals surface area contributed by atoms with Crippen molar-refractivity contribution in [2.24, 2.45) is 5.73 Å². The maximum atomic E-state index is 12.3. The first-order chi connectivity index (χ1) is 11.0. The van der Waals surface area contributed by atoms with E-state index in [1.54, 1.807) is 36.4 Å². The fraction of sp³-hybridized carbons (Fsp3) is 0.176. The Kier molecular flexibility index (Phi) is 5.19. The highest BCUT2D eigenvalue weighted by Gasteiger charge is 2.12. The fourth-order valence-electron chi connectivity index (χ4n) is 2.04. The summed E-state index contributed by atoms with van der Waals surface area (Å²) in [6.07, 6.45) is 0. The van der Waals surface area contributed by atoms with E-state index in [4.69, 9.17) is 15.2 Å². The van der Waals surface area contributed by atoms with Gasteiger partial charge in [-0.05, 0) is 43.3 Å². The van der Waals surface area contributed by atoms with E-state index in [1.807, 2.05) is 6.92 Å². The predicted octanol–water partition coefficient (Wildman–Crippen LogP) is 2.45. The Morgan fingerprint density at radius 2 is 1.87 bits per heavy atom. The summed E-state index contributed by atoms with van der Waals surface area (Å²) in [4.78, 5) is 23.5. The van der Waals surface area contributed by atoms with E-state index in [-0.39, 0.29) is 5.91 Å². The molecule has 0 aliphatic carbocycles. The molecule has 2 aromatic rings. The molecule has 2 rings (SSSR count). The van der Waals surface area contributed by atoms with Crippen molar-refractivity contribution in [2.75, 3.05) is 19.0 Å². The van der Waals surface area contributed by atoms with Crippen LogP contribution in [0.15, 0.2) is 42.5 Å². The molecule has 120 valence electrons. The molecule has 0 spiro atoms. The van der Waals surface area contributed by atoms with Crippen molar-refractivity contribution in [1.82, 2.24) is 0 Å². The number of rotatable bonds is 6. The van der Waals surface area contributed by atoms with Crippen molar-refractivity contribution in [3.63, 3.8) is 0 Å². The SMILES string of the molecule is CCOc1ccc(C(=O)Nc2cccc(C(N)=O)c2)cc1OC. The number of ether oxygens (including phenoxy) is 2. The first-order valence-corrected chi connectivity index (χ1v) is 7.07. The van der Waals surface area contributed by atoms with Gasteiger partial charge < -0.3 is 20.5 Å². The standard InChI is InChI=1S/C17H18N2O4/c1-3-23-14-8-7-12(10-15(14)22-2)17(21)19-13-6-4-5-11(9-13)16(18)20/h4-10H,3H2,1-2H3,(H2,18,20)(H,19,21). The highest BCUT2D eigenvalue weighted by molar-refractivity contribution is 6.05. The first-order valence-electron chi connectivity index (χ1n) is 7.07. The molecule has 0 saturated heterocycles.